The van der Waals surface area contributed by atoms with Crippen LogP contribution in [-0.4, -0.2) is 23.4 Å². The Bertz CT molecular complexity index is 812. The molecule has 26 heavy (non-hydrogen) atoms. The number of anilines is 1. The number of hydrogen-bond acceptors (Lipinski definition) is 5. The molecule has 0 fully saturated rings. The van der Waals surface area contributed by atoms with Crippen molar-refractivity contribution in [1.29, 1.82) is 0 Å². The van der Waals surface area contributed by atoms with Gasteiger partial charge in [-0.2, -0.15) is 5.10 Å². The van der Waals surface area contributed by atoms with Crippen molar-refractivity contribution in [3.05, 3.63) is 54.0 Å². The van der Waals surface area contributed by atoms with Gasteiger partial charge in [-0.05, 0) is 43.7 Å². The Morgan fingerprint density at radius 2 is 1.92 bits per heavy atom. The molecule has 8 nitrogen and oxygen atoms in total. The average Bonchev–Trinajstić information content (AvgIpc) is 3.11. The van der Waals surface area contributed by atoms with Crippen molar-refractivity contribution < 1.29 is 18.8 Å². The van der Waals surface area contributed by atoms with Crippen LogP contribution in [0.5, 0.6) is 0 Å². The topological polar surface area (TPSA) is 113 Å². The van der Waals surface area contributed by atoms with Crippen molar-refractivity contribution in [2.45, 2.75) is 26.8 Å². The SMILES string of the molecule is C/C(CC(=O)NCc1ccco1)=N\NC(=O)C(=O)Nc1cccc(C)c1. The Morgan fingerprint density at radius 1 is 1.12 bits per heavy atom. The molecular formula is C18H20N4O4. The van der Waals surface area contributed by atoms with E-state index in [4.69, 9.17) is 4.42 Å². The maximum atomic E-state index is 11.8. The summed E-state index contributed by atoms with van der Waals surface area (Å²) < 4.78 is 5.10. The molecule has 0 spiro atoms. The summed E-state index contributed by atoms with van der Waals surface area (Å²) in [5.41, 5.74) is 3.96. The molecular weight excluding hydrogens is 336 g/mol. The summed E-state index contributed by atoms with van der Waals surface area (Å²) in [5.74, 6) is -1.40. The van der Waals surface area contributed by atoms with Gasteiger partial charge in [0.1, 0.15) is 5.76 Å². The van der Waals surface area contributed by atoms with Gasteiger partial charge in [-0.15, -0.1) is 0 Å². The van der Waals surface area contributed by atoms with Gasteiger partial charge in [-0.25, -0.2) is 5.43 Å². The van der Waals surface area contributed by atoms with E-state index >= 15 is 0 Å². The normalized spacial score (nSPS) is 10.9. The van der Waals surface area contributed by atoms with Crippen LogP contribution < -0.4 is 16.1 Å². The van der Waals surface area contributed by atoms with Gasteiger partial charge < -0.3 is 15.1 Å². The van der Waals surface area contributed by atoms with Crippen LogP contribution in [0, 0.1) is 6.92 Å². The first kappa shape index (κ1) is 18.9. The molecule has 0 radical (unpaired) electrons. The number of carbonyl (C=O) groups is 3. The summed E-state index contributed by atoms with van der Waals surface area (Å²) >= 11 is 0. The van der Waals surface area contributed by atoms with Gasteiger partial charge in [0.25, 0.3) is 0 Å². The van der Waals surface area contributed by atoms with E-state index in [0.717, 1.165) is 5.56 Å². The number of hydrazone groups is 1. The minimum Gasteiger partial charge on any atom is -0.467 e. The van der Waals surface area contributed by atoms with Crippen LogP contribution in [0.25, 0.3) is 0 Å². The first-order chi connectivity index (χ1) is 12.4. The third-order valence-corrected chi connectivity index (χ3v) is 3.29. The van der Waals surface area contributed by atoms with Crippen molar-refractivity contribution in [3.63, 3.8) is 0 Å². The summed E-state index contributed by atoms with van der Waals surface area (Å²) in [6, 6.07) is 10.5. The van der Waals surface area contributed by atoms with Gasteiger partial charge in [0.15, 0.2) is 0 Å². The molecule has 3 amide bonds. The third-order valence-electron chi connectivity index (χ3n) is 3.29. The van der Waals surface area contributed by atoms with Gasteiger partial charge in [0, 0.05) is 11.4 Å². The van der Waals surface area contributed by atoms with Crippen molar-refractivity contribution in [3.8, 4) is 0 Å². The van der Waals surface area contributed by atoms with Crippen molar-refractivity contribution in [1.82, 2.24) is 10.7 Å². The van der Waals surface area contributed by atoms with E-state index in [1.54, 1.807) is 37.3 Å². The lowest BCUT2D eigenvalue weighted by atomic mass is 10.2. The number of nitrogens with one attached hydrogen (secondary N) is 3. The number of rotatable bonds is 6. The average molecular weight is 356 g/mol. The van der Waals surface area contributed by atoms with Crippen molar-refractivity contribution >= 4 is 29.1 Å². The predicted molar refractivity (Wildman–Crippen MR) is 96.2 cm³/mol. The molecule has 8 heteroatoms. The molecule has 0 unspecified atom stereocenters. The highest BCUT2D eigenvalue weighted by atomic mass is 16.3. The molecule has 2 rings (SSSR count). The zero-order valence-electron chi connectivity index (χ0n) is 14.5. The fourth-order valence-electron chi connectivity index (χ4n) is 2.04. The molecule has 0 saturated heterocycles. The maximum absolute atomic E-state index is 11.8. The zero-order chi connectivity index (χ0) is 18.9. The standard InChI is InChI=1S/C18H20N4O4/c1-12-5-3-6-14(9-12)20-17(24)18(25)22-21-13(2)10-16(23)19-11-15-7-4-8-26-15/h3-9H,10-11H2,1-2H3,(H,19,23)(H,20,24)(H,22,25)/b21-13+. The lowest BCUT2D eigenvalue weighted by molar-refractivity contribution is -0.136. The molecule has 136 valence electrons. The number of aryl methyl sites for hydroxylation is 1. The lowest BCUT2D eigenvalue weighted by Crippen LogP contribution is -2.33. The molecule has 3 N–H and O–H groups in total. The molecule has 1 heterocycles. The number of carbonyl (C=O) groups excluding carboxylic acids is 3. The van der Waals surface area contributed by atoms with E-state index in [2.05, 4.69) is 21.2 Å². The number of amides is 3. The van der Waals surface area contributed by atoms with Gasteiger partial charge in [0.05, 0.1) is 19.2 Å². The van der Waals surface area contributed by atoms with Gasteiger partial charge >= 0.3 is 11.8 Å². The highest BCUT2D eigenvalue weighted by Gasteiger charge is 2.13. The highest BCUT2D eigenvalue weighted by molar-refractivity contribution is 6.39. The molecule has 2 aromatic rings. The molecule has 0 saturated carbocycles. The fourth-order valence-corrected chi connectivity index (χ4v) is 2.04. The molecule has 0 bridgehead atoms. The molecule has 0 atom stereocenters. The molecule has 0 aliphatic heterocycles. The second-order valence-electron chi connectivity index (χ2n) is 5.64. The molecule has 1 aromatic carbocycles. The van der Waals surface area contributed by atoms with E-state index in [1.807, 2.05) is 13.0 Å². The quantitative estimate of drug-likeness (QED) is 0.415. The first-order valence-corrected chi connectivity index (χ1v) is 7.94. The van der Waals surface area contributed by atoms with E-state index in [9.17, 15) is 14.4 Å². The number of benzene rings is 1. The summed E-state index contributed by atoms with van der Waals surface area (Å²) in [5, 5.41) is 8.89. The number of furan rings is 1. The predicted octanol–water partition coefficient (Wildman–Crippen LogP) is 1.73. The van der Waals surface area contributed by atoms with Crippen molar-refractivity contribution in [2.24, 2.45) is 5.10 Å². The Hall–Kier alpha value is -3.42. The second kappa shape index (κ2) is 9.16. The largest absolute Gasteiger partial charge is 0.467 e. The van der Waals surface area contributed by atoms with Gasteiger partial charge in [-0.1, -0.05) is 12.1 Å². The fraction of sp³-hybridized carbons (Fsp3) is 0.222. The van der Waals surface area contributed by atoms with E-state index in [1.165, 1.54) is 6.26 Å². The monoisotopic (exact) mass is 356 g/mol. The number of hydrogen-bond donors (Lipinski definition) is 3. The smallest absolute Gasteiger partial charge is 0.329 e. The maximum Gasteiger partial charge on any atom is 0.329 e. The van der Waals surface area contributed by atoms with E-state index in [-0.39, 0.29) is 18.9 Å². The summed E-state index contributed by atoms with van der Waals surface area (Å²) in [7, 11) is 0. The third kappa shape index (κ3) is 6.23. The van der Waals surface area contributed by atoms with Crippen LogP contribution >= 0.6 is 0 Å². The van der Waals surface area contributed by atoms with Crippen LogP contribution in [0.2, 0.25) is 0 Å². The Balaban J connectivity index is 1.76. The second-order valence-corrected chi connectivity index (χ2v) is 5.64. The first-order valence-electron chi connectivity index (χ1n) is 7.94. The molecule has 0 aliphatic rings. The van der Waals surface area contributed by atoms with Crippen LogP contribution in [0.3, 0.4) is 0 Å². The lowest BCUT2D eigenvalue weighted by Gasteiger charge is -2.06. The Kier molecular flexibility index (Phi) is 6.67. The Labute approximate surface area is 150 Å². The van der Waals surface area contributed by atoms with E-state index in [0.29, 0.717) is 17.2 Å². The van der Waals surface area contributed by atoms with E-state index < -0.39 is 11.8 Å². The van der Waals surface area contributed by atoms with Gasteiger partial charge in [-0.3, -0.25) is 14.4 Å². The van der Waals surface area contributed by atoms with Crippen LogP contribution in [0.1, 0.15) is 24.7 Å². The summed E-state index contributed by atoms with van der Waals surface area (Å²) in [4.78, 5) is 35.3. The summed E-state index contributed by atoms with van der Waals surface area (Å²) in [6.45, 7) is 3.72. The van der Waals surface area contributed by atoms with Crippen molar-refractivity contribution in [2.75, 3.05) is 5.32 Å². The zero-order valence-corrected chi connectivity index (χ0v) is 14.5. The Morgan fingerprint density at radius 3 is 2.62 bits per heavy atom. The molecule has 0 aliphatic carbocycles. The van der Waals surface area contributed by atoms with Crippen LogP contribution in [0.15, 0.2) is 52.2 Å². The summed E-state index contributed by atoms with van der Waals surface area (Å²) in [6.07, 6.45) is 1.51. The van der Waals surface area contributed by atoms with Gasteiger partial charge in [0.2, 0.25) is 5.91 Å². The van der Waals surface area contributed by atoms with Crippen LogP contribution in [0.4, 0.5) is 5.69 Å². The number of nitrogens with zero attached hydrogens (tertiary/aromatic N) is 1. The minimum absolute atomic E-state index is 0.0134. The minimum atomic E-state index is -0.915. The molecule has 1 aromatic heterocycles. The van der Waals surface area contributed by atoms with Crippen LogP contribution in [-0.2, 0) is 20.9 Å². The highest BCUT2D eigenvalue weighted by Crippen LogP contribution is 2.09.